The molecule has 1 amide bonds. The van der Waals surface area contributed by atoms with Gasteiger partial charge < -0.3 is 15.1 Å². The third-order valence-corrected chi connectivity index (χ3v) is 7.76. The van der Waals surface area contributed by atoms with E-state index in [-0.39, 0.29) is 40.4 Å². The van der Waals surface area contributed by atoms with Crippen molar-refractivity contribution in [1.29, 1.82) is 0 Å². The van der Waals surface area contributed by atoms with Gasteiger partial charge in [0.2, 0.25) is 11.8 Å². The quantitative estimate of drug-likeness (QED) is 0.310. The van der Waals surface area contributed by atoms with Crippen LogP contribution in [0.5, 0.6) is 0 Å². The highest BCUT2D eigenvalue weighted by atomic mass is 32.1. The summed E-state index contributed by atoms with van der Waals surface area (Å²) in [7, 11) is 0. The molecule has 0 saturated carbocycles. The number of carbonyl (C=O) groups is 1. The van der Waals surface area contributed by atoms with E-state index < -0.39 is 11.5 Å². The Morgan fingerprint density at radius 3 is 2.63 bits per heavy atom. The van der Waals surface area contributed by atoms with Crippen LogP contribution in [0, 0.1) is 6.92 Å². The lowest BCUT2D eigenvalue weighted by molar-refractivity contribution is 0.0174. The molecule has 0 spiro atoms. The minimum Gasteiger partial charge on any atom is -0.419 e. The number of amides is 1. The van der Waals surface area contributed by atoms with Crippen LogP contribution in [0.4, 0.5) is 8.78 Å². The number of benzene rings is 2. The van der Waals surface area contributed by atoms with Gasteiger partial charge in [0.1, 0.15) is 5.01 Å². The van der Waals surface area contributed by atoms with Crippen molar-refractivity contribution in [2.75, 3.05) is 6.54 Å². The predicted molar refractivity (Wildman–Crippen MR) is 141 cm³/mol. The summed E-state index contributed by atoms with van der Waals surface area (Å²) in [6.07, 6.45) is 2.03. The molecule has 1 aliphatic heterocycles. The highest BCUT2D eigenvalue weighted by molar-refractivity contribution is 7.09. The van der Waals surface area contributed by atoms with Gasteiger partial charge in [0.15, 0.2) is 0 Å². The van der Waals surface area contributed by atoms with Crippen molar-refractivity contribution in [2.24, 2.45) is 5.73 Å². The highest BCUT2D eigenvalue weighted by Crippen LogP contribution is 2.37. The second-order valence-corrected chi connectivity index (χ2v) is 11.1. The second kappa shape index (κ2) is 9.99. The zero-order valence-electron chi connectivity index (χ0n) is 21.4. The molecule has 2 N–H and O–H groups in total. The van der Waals surface area contributed by atoms with Crippen molar-refractivity contribution < 1.29 is 18.0 Å². The van der Waals surface area contributed by atoms with E-state index in [1.54, 1.807) is 11.8 Å². The minimum atomic E-state index is -3.18. The molecule has 5 rings (SSSR count). The number of rotatable bonds is 7. The first-order chi connectivity index (χ1) is 18.0. The molecule has 0 bridgehead atoms. The maximum Gasteiger partial charge on any atom is 0.270 e. The largest absolute Gasteiger partial charge is 0.419 e. The number of nitrogens with zero attached hydrogens (tertiary/aromatic N) is 4. The summed E-state index contributed by atoms with van der Waals surface area (Å²) in [5.41, 5.74) is 7.49. The Labute approximate surface area is 223 Å². The Hall–Kier alpha value is -3.50. The van der Waals surface area contributed by atoms with Crippen LogP contribution in [0.2, 0.25) is 0 Å². The van der Waals surface area contributed by atoms with E-state index in [0.717, 1.165) is 36.0 Å². The molecule has 10 heteroatoms. The maximum absolute atomic E-state index is 14.5. The van der Waals surface area contributed by atoms with Crippen molar-refractivity contribution in [3.8, 4) is 11.5 Å². The molecular formula is C28H29F2N5O2S. The number of aryl methyl sites for hydroxylation is 1. The normalized spacial score (nSPS) is 17.5. The lowest BCUT2D eigenvalue weighted by Gasteiger charge is -2.24. The molecule has 3 heterocycles. The Bertz CT molecular complexity index is 1440. The zero-order chi connectivity index (χ0) is 27.1. The van der Waals surface area contributed by atoms with E-state index in [0.29, 0.717) is 13.0 Å². The number of likely N-dealkylation sites (tertiary alicyclic amines) is 1. The van der Waals surface area contributed by atoms with Gasteiger partial charge in [-0.3, -0.25) is 4.79 Å². The molecule has 7 nitrogen and oxygen atoms in total. The number of carbonyl (C=O) groups excluding carboxylic acids is 1. The summed E-state index contributed by atoms with van der Waals surface area (Å²) in [4.78, 5) is 19.9. The average molecular weight is 538 g/mol. The van der Waals surface area contributed by atoms with Crippen molar-refractivity contribution in [2.45, 2.75) is 57.5 Å². The SMILES string of the molecule is Cc1csc(C2CCCN2C(=O)c2cc(-c3nnc(C(C)(N)Cc4ccccc4)o3)cc(C(C)(F)F)c2)n1. The topological polar surface area (TPSA) is 98.1 Å². The monoisotopic (exact) mass is 537 g/mol. The Kier molecular flexibility index (Phi) is 6.87. The molecular weight excluding hydrogens is 508 g/mol. The van der Waals surface area contributed by atoms with Gasteiger partial charge in [-0.25, -0.2) is 13.8 Å². The van der Waals surface area contributed by atoms with E-state index in [1.165, 1.54) is 29.5 Å². The lowest BCUT2D eigenvalue weighted by atomic mass is 9.94. The molecule has 2 atom stereocenters. The smallest absolute Gasteiger partial charge is 0.270 e. The van der Waals surface area contributed by atoms with E-state index in [1.807, 2.05) is 42.6 Å². The van der Waals surface area contributed by atoms with Crippen molar-refractivity contribution in [3.63, 3.8) is 0 Å². The Morgan fingerprint density at radius 1 is 1.18 bits per heavy atom. The fourth-order valence-electron chi connectivity index (χ4n) is 4.75. The number of alkyl halides is 2. The van der Waals surface area contributed by atoms with Crippen LogP contribution in [0.3, 0.4) is 0 Å². The van der Waals surface area contributed by atoms with Crippen LogP contribution in [-0.4, -0.2) is 32.5 Å². The standard InChI is InChI=1S/C28H29F2N5O2S/c1-17-16-38-24(32-17)22-10-7-11-35(22)25(36)20-12-19(13-21(14-20)28(3,29)30)23-33-34-26(37-23)27(2,31)15-18-8-5-4-6-9-18/h4-6,8-9,12-14,16,22H,7,10-11,15,31H2,1-3H3. The first-order valence-electron chi connectivity index (χ1n) is 12.4. The number of thiazole rings is 1. The Balaban J connectivity index is 1.48. The van der Waals surface area contributed by atoms with Gasteiger partial charge in [0, 0.05) is 41.2 Å². The van der Waals surface area contributed by atoms with Crippen LogP contribution in [0.15, 0.2) is 58.3 Å². The first-order valence-corrected chi connectivity index (χ1v) is 13.3. The van der Waals surface area contributed by atoms with Crippen LogP contribution >= 0.6 is 11.3 Å². The zero-order valence-corrected chi connectivity index (χ0v) is 22.3. The molecule has 1 aliphatic rings. The molecule has 2 aromatic carbocycles. The van der Waals surface area contributed by atoms with Crippen LogP contribution < -0.4 is 5.73 Å². The van der Waals surface area contributed by atoms with Gasteiger partial charge in [-0.1, -0.05) is 30.3 Å². The molecule has 2 aromatic heterocycles. The number of hydrogen-bond acceptors (Lipinski definition) is 7. The van der Waals surface area contributed by atoms with Crippen LogP contribution in [-0.2, 0) is 17.9 Å². The van der Waals surface area contributed by atoms with Gasteiger partial charge >= 0.3 is 0 Å². The second-order valence-electron chi connectivity index (χ2n) is 10.2. The molecule has 198 valence electrons. The summed E-state index contributed by atoms with van der Waals surface area (Å²) in [6.45, 7) is 5.01. The third kappa shape index (κ3) is 5.37. The number of nitrogens with two attached hydrogens (primary N) is 1. The van der Waals surface area contributed by atoms with E-state index >= 15 is 0 Å². The van der Waals surface area contributed by atoms with Gasteiger partial charge in [-0.05, 0) is 56.9 Å². The predicted octanol–water partition coefficient (Wildman–Crippen LogP) is 6.01. The number of halogens is 2. The molecule has 38 heavy (non-hydrogen) atoms. The fourth-order valence-corrected chi connectivity index (χ4v) is 5.69. The number of aromatic nitrogens is 3. The van der Waals surface area contributed by atoms with E-state index in [2.05, 4.69) is 15.2 Å². The molecule has 0 aliphatic carbocycles. The summed E-state index contributed by atoms with van der Waals surface area (Å²) in [5, 5.41) is 11.0. The molecule has 2 unspecified atom stereocenters. The molecule has 1 saturated heterocycles. The summed E-state index contributed by atoms with van der Waals surface area (Å²) < 4.78 is 35.0. The van der Waals surface area contributed by atoms with E-state index in [9.17, 15) is 13.6 Å². The van der Waals surface area contributed by atoms with E-state index in [4.69, 9.17) is 10.2 Å². The first kappa shape index (κ1) is 26.1. The Morgan fingerprint density at radius 2 is 1.95 bits per heavy atom. The summed E-state index contributed by atoms with van der Waals surface area (Å²) >= 11 is 1.51. The lowest BCUT2D eigenvalue weighted by Crippen LogP contribution is -2.35. The molecule has 1 fully saturated rings. The van der Waals surface area contributed by atoms with Crippen molar-refractivity contribution in [3.05, 3.63) is 87.2 Å². The summed E-state index contributed by atoms with van der Waals surface area (Å²) in [5.74, 6) is -3.31. The highest BCUT2D eigenvalue weighted by Gasteiger charge is 2.35. The van der Waals surface area contributed by atoms with Crippen LogP contribution in [0.1, 0.15) is 70.8 Å². The number of hydrogen-bond donors (Lipinski definition) is 1. The van der Waals surface area contributed by atoms with Crippen molar-refractivity contribution >= 4 is 17.2 Å². The van der Waals surface area contributed by atoms with Crippen molar-refractivity contribution in [1.82, 2.24) is 20.1 Å². The minimum absolute atomic E-state index is 0.0263. The van der Waals surface area contributed by atoms with Gasteiger partial charge in [-0.15, -0.1) is 21.5 Å². The molecule has 0 radical (unpaired) electrons. The summed E-state index contributed by atoms with van der Waals surface area (Å²) in [6, 6.07) is 13.5. The molecule has 4 aromatic rings. The van der Waals surface area contributed by atoms with Gasteiger partial charge in [0.05, 0.1) is 11.6 Å². The third-order valence-electron chi connectivity index (χ3n) is 6.70. The fraction of sp³-hybridized carbons (Fsp3) is 0.357. The van der Waals surface area contributed by atoms with Crippen LogP contribution in [0.25, 0.3) is 11.5 Å². The maximum atomic E-state index is 14.5. The van der Waals surface area contributed by atoms with Gasteiger partial charge in [0.25, 0.3) is 11.8 Å². The van der Waals surface area contributed by atoms with Gasteiger partial charge in [-0.2, -0.15) is 0 Å². The average Bonchev–Trinajstić information content (AvgIpc) is 3.64.